The van der Waals surface area contributed by atoms with Crippen molar-refractivity contribution >= 4 is 40.5 Å². The van der Waals surface area contributed by atoms with Crippen molar-refractivity contribution in [2.45, 2.75) is 6.61 Å². The van der Waals surface area contributed by atoms with E-state index in [9.17, 15) is 0 Å². The molecule has 2 rings (SSSR count). The van der Waals surface area contributed by atoms with Crippen LogP contribution in [0.15, 0.2) is 24.3 Å². The third-order valence-corrected chi connectivity index (χ3v) is 3.04. The lowest BCUT2D eigenvalue weighted by Crippen LogP contribution is -2.04. The smallest absolute Gasteiger partial charge is 0.158 e. The molecule has 0 aliphatic carbocycles. The molecule has 0 spiro atoms. The lowest BCUT2D eigenvalue weighted by Gasteiger charge is -2.11. The molecule has 2 N–H and O–H groups in total. The van der Waals surface area contributed by atoms with Crippen LogP contribution in [0.1, 0.15) is 5.82 Å². The second kappa shape index (κ2) is 6.74. The first kappa shape index (κ1) is 14.8. The number of rotatable bonds is 5. The van der Waals surface area contributed by atoms with Crippen molar-refractivity contribution in [2.24, 2.45) is 0 Å². The van der Waals surface area contributed by atoms with Crippen molar-refractivity contribution in [1.29, 1.82) is 0 Å². The Morgan fingerprint density at radius 3 is 2.55 bits per heavy atom. The Morgan fingerprint density at radius 2 is 1.90 bits per heavy atom. The van der Waals surface area contributed by atoms with E-state index in [-0.39, 0.29) is 0 Å². The van der Waals surface area contributed by atoms with Gasteiger partial charge in [0.1, 0.15) is 18.2 Å². The molecular formula is C13H14Cl2N4O. The Morgan fingerprint density at radius 1 is 1.15 bits per heavy atom. The third-order valence-electron chi connectivity index (χ3n) is 2.50. The van der Waals surface area contributed by atoms with Crippen LogP contribution >= 0.6 is 23.2 Å². The van der Waals surface area contributed by atoms with E-state index in [1.54, 1.807) is 38.4 Å². The van der Waals surface area contributed by atoms with Crippen molar-refractivity contribution in [3.8, 4) is 0 Å². The Bertz CT molecular complexity index is 607. The van der Waals surface area contributed by atoms with Gasteiger partial charge in [-0.15, -0.1) is 0 Å². The molecule has 2 aromatic rings. The predicted octanol–water partition coefficient (Wildman–Crippen LogP) is 3.72. The Labute approximate surface area is 127 Å². The number of hydrogen-bond donors (Lipinski definition) is 2. The van der Waals surface area contributed by atoms with Crippen molar-refractivity contribution in [1.82, 2.24) is 9.97 Å². The Balaban J connectivity index is 2.29. The minimum absolute atomic E-state index is 0.332. The van der Waals surface area contributed by atoms with E-state index in [1.807, 2.05) is 0 Å². The molecule has 0 saturated heterocycles. The maximum Gasteiger partial charge on any atom is 0.158 e. The summed E-state index contributed by atoms with van der Waals surface area (Å²) in [6, 6.07) is 7.00. The molecule has 0 amide bonds. The van der Waals surface area contributed by atoms with Gasteiger partial charge in [0.2, 0.25) is 0 Å². The van der Waals surface area contributed by atoms with E-state index in [0.717, 1.165) is 5.69 Å². The molecule has 0 saturated carbocycles. The van der Waals surface area contributed by atoms with Crippen LogP contribution in [-0.4, -0.2) is 24.1 Å². The fourth-order valence-corrected chi connectivity index (χ4v) is 2.07. The molecule has 0 fully saturated rings. The first-order valence-electron chi connectivity index (χ1n) is 5.89. The molecule has 0 radical (unpaired) electrons. The van der Waals surface area contributed by atoms with Gasteiger partial charge in [0.15, 0.2) is 5.82 Å². The van der Waals surface area contributed by atoms with Crippen molar-refractivity contribution in [2.75, 3.05) is 24.8 Å². The van der Waals surface area contributed by atoms with Crippen LogP contribution in [0.4, 0.5) is 17.3 Å². The van der Waals surface area contributed by atoms with Gasteiger partial charge in [-0.2, -0.15) is 0 Å². The average molecular weight is 313 g/mol. The quantitative estimate of drug-likeness (QED) is 0.881. The van der Waals surface area contributed by atoms with Crippen molar-refractivity contribution < 1.29 is 4.74 Å². The van der Waals surface area contributed by atoms with E-state index < -0.39 is 0 Å². The highest BCUT2D eigenvalue weighted by Crippen LogP contribution is 2.28. The molecule has 20 heavy (non-hydrogen) atoms. The molecule has 0 unspecified atom stereocenters. The molecular weight excluding hydrogens is 299 g/mol. The van der Waals surface area contributed by atoms with Gasteiger partial charge < -0.3 is 15.4 Å². The van der Waals surface area contributed by atoms with Crippen LogP contribution in [0.3, 0.4) is 0 Å². The largest absolute Gasteiger partial charge is 0.377 e. The number of nitrogens with zero attached hydrogens (tertiary/aromatic N) is 2. The van der Waals surface area contributed by atoms with Crippen LogP contribution in [-0.2, 0) is 11.3 Å². The SMILES string of the molecule is CNc1cc(Nc2ccc(Cl)cc2Cl)nc(COC)n1. The van der Waals surface area contributed by atoms with Gasteiger partial charge in [-0.05, 0) is 18.2 Å². The van der Waals surface area contributed by atoms with Crippen LogP contribution < -0.4 is 10.6 Å². The minimum atomic E-state index is 0.332. The Kier molecular flexibility index (Phi) is 5.00. The highest BCUT2D eigenvalue weighted by Gasteiger charge is 2.06. The molecule has 0 bridgehead atoms. The number of benzene rings is 1. The summed E-state index contributed by atoms with van der Waals surface area (Å²) in [5.74, 6) is 1.90. The van der Waals surface area contributed by atoms with Crippen LogP contribution in [0.5, 0.6) is 0 Å². The normalized spacial score (nSPS) is 10.4. The van der Waals surface area contributed by atoms with Gasteiger partial charge in [-0.25, -0.2) is 9.97 Å². The zero-order valence-electron chi connectivity index (χ0n) is 11.1. The second-order valence-electron chi connectivity index (χ2n) is 3.99. The average Bonchev–Trinajstić information content (AvgIpc) is 2.42. The zero-order chi connectivity index (χ0) is 14.5. The fraction of sp³-hybridized carbons (Fsp3) is 0.231. The molecule has 106 valence electrons. The van der Waals surface area contributed by atoms with Crippen LogP contribution in [0.25, 0.3) is 0 Å². The summed E-state index contributed by atoms with van der Waals surface area (Å²) in [5, 5.41) is 7.22. The van der Waals surface area contributed by atoms with Crippen molar-refractivity contribution in [3.05, 3.63) is 40.1 Å². The molecule has 0 atom stereocenters. The highest BCUT2D eigenvalue weighted by atomic mass is 35.5. The van der Waals surface area contributed by atoms with Gasteiger partial charge in [-0.1, -0.05) is 23.2 Å². The fourth-order valence-electron chi connectivity index (χ4n) is 1.61. The summed E-state index contributed by atoms with van der Waals surface area (Å²) >= 11 is 12.0. The first-order chi connectivity index (χ1) is 9.62. The summed E-state index contributed by atoms with van der Waals surface area (Å²) in [6.07, 6.45) is 0. The second-order valence-corrected chi connectivity index (χ2v) is 4.83. The third kappa shape index (κ3) is 3.72. The standard InChI is InChI=1S/C13H14Cl2N4O/c1-16-11-6-12(19-13(18-11)7-20-2)17-10-4-3-8(14)5-9(10)15/h3-6H,7H2,1-2H3,(H2,16,17,18,19). The molecule has 5 nitrogen and oxygen atoms in total. The van der Waals surface area contributed by atoms with Gasteiger partial charge >= 0.3 is 0 Å². The molecule has 7 heteroatoms. The zero-order valence-corrected chi connectivity index (χ0v) is 12.6. The molecule has 1 heterocycles. The molecule has 1 aromatic heterocycles. The minimum Gasteiger partial charge on any atom is -0.377 e. The van der Waals surface area contributed by atoms with Crippen LogP contribution in [0, 0.1) is 0 Å². The van der Waals surface area contributed by atoms with Crippen LogP contribution in [0.2, 0.25) is 10.0 Å². The highest BCUT2D eigenvalue weighted by molar-refractivity contribution is 6.36. The summed E-state index contributed by atoms with van der Waals surface area (Å²) in [7, 11) is 3.39. The maximum atomic E-state index is 6.12. The molecule has 0 aliphatic rings. The van der Waals surface area contributed by atoms with Gasteiger partial charge in [0.25, 0.3) is 0 Å². The van der Waals surface area contributed by atoms with Crippen molar-refractivity contribution in [3.63, 3.8) is 0 Å². The summed E-state index contributed by atoms with van der Waals surface area (Å²) < 4.78 is 5.05. The van der Waals surface area contributed by atoms with E-state index in [0.29, 0.717) is 34.1 Å². The topological polar surface area (TPSA) is 59.1 Å². The Hall–Kier alpha value is -1.56. The number of methoxy groups -OCH3 is 1. The number of aromatic nitrogens is 2. The lowest BCUT2D eigenvalue weighted by molar-refractivity contribution is 0.178. The summed E-state index contributed by atoms with van der Waals surface area (Å²) in [4.78, 5) is 8.63. The van der Waals surface area contributed by atoms with E-state index in [1.165, 1.54) is 0 Å². The predicted molar refractivity (Wildman–Crippen MR) is 82.0 cm³/mol. The van der Waals surface area contributed by atoms with E-state index >= 15 is 0 Å². The van der Waals surface area contributed by atoms with Gasteiger partial charge in [0.05, 0.1) is 10.7 Å². The lowest BCUT2D eigenvalue weighted by atomic mass is 10.3. The maximum absolute atomic E-state index is 6.12. The molecule has 0 aliphatic heterocycles. The number of halogens is 2. The molecule has 1 aromatic carbocycles. The van der Waals surface area contributed by atoms with Gasteiger partial charge in [-0.3, -0.25) is 0 Å². The van der Waals surface area contributed by atoms with E-state index in [4.69, 9.17) is 27.9 Å². The number of ether oxygens (including phenoxy) is 1. The number of hydrogen-bond acceptors (Lipinski definition) is 5. The van der Waals surface area contributed by atoms with Gasteiger partial charge in [0, 0.05) is 25.2 Å². The summed E-state index contributed by atoms with van der Waals surface area (Å²) in [5.41, 5.74) is 0.722. The number of anilines is 3. The van der Waals surface area contributed by atoms with E-state index in [2.05, 4.69) is 20.6 Å². The number of nitrogens with one attached hydrogen (secondary N) is 2. The monoisotopic (exact) mass is 312 g/mol. The summed E-state index contributed by atoms with van der Waals surface area (Å²) in [6.45, 7) is 0.332. The first-order valence-corrected chi connectivity index (χ1v) is 6.64.